The fraction of sp³-hybridized carbons (Fsp3) is 0.318. The van der Waals surface area contributed by atoms with Gasteiger partial charge in [0.25, 0.3) is 5.91 Å². The highest BCUT2D eigenvalue weighted by Gasteiger charge is 2.37. The van der Waals surface area contributed by atoms with E-state index in [1.54, 1.807) is 37.4 Å². The van der Waals surface area contributed by atoms with Gasteiger partial charge >= 0.3 is 5.97 Å². The monoisotopic (exact) mass is 412 g/mol. The number of amides is 2. The molecule has 3 rings (SSSR count). The molecule has 1 heterocycles. The van der Waals surface area contributed by atoms with Crippen LogP contribution in [0.5, 0.6) is 11.5 Å². The number of nitrogens with zero attached hydrogens (tertiary/aromatic N) is 1. The zero-order valence-electron chi connectivity index (χ0n) is 16.9. The molecule has 30 heavy (non-hydrogen) atoms. The van der Waals surface area contributed by atoms with Crippen molar-refractivity contribution in [2.24, 2.45) is 5.92 Å². The summed E-state index contributed by atoms with van der Waals surface area (Å²) in [7, 11) is 3.08. The molecule has 1 N–H and O–H groups in total. The highest BCUT2D eigenvalue weighted by molar-refractivity contribution is 6.00. The van der Waals surface area contributed by atoms with Gasteiger partial charge < -0.3 is 24.4 Å². The van der Waals surface area contributed by atoms with Gasteiger partial charge in [-0.15, -0.1) is 0 Å². The number of carbonyl (C=O) groups excluding carboxylic acids is 3. The van der Waals surface area contributed by atoms with E-state index in [0.29, 0.717) is 17.2 Å². The second-order valence-electron chi connectivity index (χ2n) is 6.77. The van der Waals surface area contributed by atoms with Crippen LogP contribution in [0, 0.1) is 5.92 Å². The second-order valence-corrected chi connectivity index (χ2v) is 6.77. The average Bonchev–Trinajstić information content (AvgIpc) is 3.17. The lowest BCUT2D eigenvalue weighted by Gasteiger charge is -2.19. The van der Waals surface area contributed by atoms with Crippen molar-refractivity contribution in [2.45, 2.75) is 13.0 Å². The Balaban J connectivity index is 1.50. The average molecular weight is 412 g/mol. The normalized spacial score (nSPS) is 15.6. The van der Waals surface area contributed by atoms with Gasteiger partial charge in [-0.05, 0) is 18.2 Å². The Bertz CT molecular complexity index is 929. The number of ether oxygens (including phenoxy) is 3. The standard InChI is InChI=1S/C22H24N2O6/c1-28-18-9-5-3-7-15(18)12-23-20(25)14-30-22(27)16-11-21(26)24(13-16)17-8-4-6-10-19(17)29-2/h3-10,16H,11-14H2,1-2H3,(H,23,25)/t16-/m1/s1. The van der Waals surface area contributed by atoms with Gasteiger partial charge in [-0.3, -0.25) is 14.4 Å². The van der Waals surface area contributed by atoms with E-state index in [1.807, 2.05) is 18.2 Å². The van der Waals surface area contributed by atoms with Crippen molar-refractivity contribution >= 4 is 23.5 Å². The summed E-state index contributed by atoms with van der Waals surface area (Å²) >= 11 is 0. The number of hydrogen-bond donors (Lipinski definition) is 1. The molecule has 2 aromatic rings. The summed E-state index contributed by atoms with van der Waals surface area (Å²) in [6.45, 7) is 0.0259. The molecular formula is C22H24N2O6. The molecule has 1 aliphatic heterocycles. The Morgan fingerprint density at radius 3 is 2.43 bits per heavy atom. The summed E-state index contributed by atoms with van der Waals surface area (Å²) in [5, 5.41) is 2.69. The number of rotatable bonds is 8. The van der Waals surface area contributed by atoms with Gasteiger partial charge in [-0.1, -0.05) is 30.3 Å². The molecule has 1 saturated heterocycles. The van der Waals surface area contributed by atoms with Crippen molar-refractivity contribution < 1.29 is 28.6 Å². The van der Waals surface area contributed by atoms with Crippen molar-refractivity contribution in [1.29, 1.82) is 0 Å². The molecule has 0 radical (unpaired) electrons. The van der Waals surface area contributed by atoms with Crippen LogP contribution in [0.15, 0.2) is 48.5 Å². The molecule has 8 heteroatoms. The molecule has 8 nitrogen and oxygen atoms in total. The molecule has 1 atom stereocenters. The van der Waals surface area contributed by atoms with Gasteiger partial charge in [0, 0.05) is 25.1 Å². The number of methoxy groups -OCH3 is 2. The van der Waals surface area contributed by atoms with E-state index in [4.69, 9.17) is 14.2 Å². The quantitative estimate of drug-likeness (QED) is 0.666. The van der Waals surface area contributed by atoms with Crippen LogP contribution < -0.4 is 19.7 Å². The zero-order chi connectivity index (χ0) is 21.5. The topological polar surface area (TPSA) is 94.2 Å². The van der Waals surface area contributed by atoms with E-state index in [9.17, 15) is 14.4 Å². The molecule has 2 amide bonds. The largest absolute Gasteiger partial charge is 0.496 e. The lowest BCUT2D eigenvalue weighted by atomic mass is 10.1. The molecule has 158 valence electrons. The van der Waals surface area contributed by atoms with Crippen molar-refractivity contribution in [3.63, 3.8) is 0 Å². The lowest BCUT2D eigenvalue weighted by molar-refractivity contribution is -0.152. The molecule has 0 aromatic heterocycles. The Morgan fingerprint density at radius 2 is 1.70 bits per heavy atom. The maximum Gasteiger partial charge on any atom is 0.311 e. The second kappa shape index (κ2) is 9.78. The first-order chi connectivity index (χ1) is 14.5. The smallest absolute Gasteiger partial charge is 0.311 e. The number of carbonyl (C=O) groups is 3. The summed E-state index contributed by atoms with van der Waals surface area (Å²) in [6.07, 6.45) is 0.0275. The fourth-order valence-corrected chi connectivity index (χ4v) is 3.30. The molecule has 0 saturated carbocycles. The summed E-state index contributed by atoms with van der Waals surface area (Å²) in [4.78, 5) is 38.3. The van der Waals surface area contributed by atoms with Crippen molar-refractivity contribution in [3.8, 4) is 11.5 Å². The van der Waals surface area contributed by atoms with Gasteiger partial charge in [0.05, 0.1) is 25.8 Å². The Kier molecular flexibility index (Phi) is 6.90. The maximum atomic E-state index is 12.4. The Labute approximate surface area is 174 Å². The number of benzene rings is 2. The number of anilines is 1. The summed E-state index contributed by atoms with van der Waals surface area (Å²) in [5.41, 5.74) is 1.42. The maximum absolute atomic E-state index is 12.4. The van der Waals surface area contributed by atoms with Gasteiger partial charge in [-0.25, -0.2) is 0 Å². The molecule has 0 unspecified atom stereocenters. The van der Waals surface area contributed by atoms with Crippen LogP contribution >= 0.6 is 0 Å². The predicted octanol–water partition coefficient (Wildman–Crippen LogP) is 1.92. The van der Waals surface area contributed by atoms with E-state index in [2.05, 4.69) is 5.32 Å². The van der Waals surface area contributed by atoms with Gasteiger partial charge in [0.15, 0.2) is 6.61 Å². The van der Waals surface area contributed by atoms with Crippen LogP contribution in [-0.4, -0.2) is 45.2 Å². The lowest BCUT2D eigenvalue weighted by Crippen LogP contribution is -2.31. The van der Waals surface area contributed by atoms with Crippen LogP contribution in [-0.2, 0) is 25.7 Å². The van der Waals surface area contributed by atoms with Crippen LogP contribution in [0.25, 0.3) is 0 Å². The highest BCUT2D eigenvalue weighted by Crippen LogP contribution is 2.33. The molecule has 1 fully saturated rings. The SMILES string of the molecule is COc1ccccc1CNC(=O)COC(=O)[C@@H]1CC(=O)N(c2ccccc2OC)C1. The summed E-state index contributed by atoms with van der Waals surface area (Å²) in [5.74, 6) is -0.619. The summed E-state index contributed by atoms with van der Waals surface area (Å²) in [6, 6.07) is 14.4. The molecule has 0 aliphatic carbocycles. The van der Waals surface area contributed by atoms with Crippen molar-refractivity contribution in [3.05, 3.63) is 54.1 Å². The highest BCUT2D eigenvalue weighted by atomic mass is 16.5. The van der Waals surface area contributed by atoms with Crippen LogP contribution in [0.1, 0.15) is 12.0 Å². The number of hydrogen-bond acceptors (Lipinski definition) is 6. The van der Waals surface area contributed by atoms with Crippen LogP contribution in [0.2, 0.25) is 0 Å². The van der Waals surface area contributed by atoms with E-state index in [1.165, 1.54) is 12.0 Å². The van der Waals surface area contributed by atoms with E-state index in [0.717, 1.165) is 5.56 Å². The minimum Gasteiger partial charge on any atom is -0.496 e. The van der Waals surface area contributed by atoms with Crippen molar-refractivity contribution in [1.82, 2.24) is 5.32 Å². The Hall–Kier alpha value is -3.55. The third-order valence-corrected chi connectivity index (χ3v) is 4.85. The van der Waals surface area contributed by atoms with E-state index in [-0.39, 0.29) is 25.4 Å². The molecule has 2 aromatic carbocycles. The van der Waals surface area contributed by atoms with Crippen molar-refractivity contribution in [2.75, 3.05) is 32.3 Å². The third-order valence-electron chi connectivity index (χ3n) is 4.85. The van der Waals surface area contributed by atoms with Gasteiger partial charge in [-0.2, -0.15) is 0 Å². The fourth-order valence-electron chi connectivity index (χ4n) is 3.30. The number of esters is 1. The molecular weight excluding hydrogens is 388 g/mol. The minimum absolute atomic E-state index is 0.0275. The molecule has 0 spiro atoms. The number of nitrogens with one attached hydrogen (secondary N) is 1. The first kappa shape index (κ1) is 21.2. The first-order valence-corrected chi connectivity index (χ1v) is 9.52. The van der Waals surface area contributed by atoms with Gasteiger partial charge in [0.1, 0.15) is 11.5 Å². The third kappa shape index (κ3) is 4.89. The number of para-hydroxylation sites is 3. The summed E-state index contributed by atoms with van der Waals surface area (Å²) < 4.78 is 15.7. The van der Waals surface area contributed by atoms with E-state index >= 15 is 0 Å². The van der Waals surface area contributed by atoms with E-state index < -0.39 is 24.4 Å². The molecule has 1 aliphatic rings. The van der Waals surface area contributed by atoms with Gasteiger partial charge in [0.2, 0.25) is 5.91 Å². The van der Waals surface area contributed by atoms with Crippen LogP contribution in [0.3, 0.4) is 0 Å². The minimum atomic E-state index is -0.635. The molecule has 0 bridgehead atoms. The predicted molar refractivity (Wildman–Crippen MR) is 109 cm³/mol. The van der Waals surface area contributed by atoms with Crippen LogP contribution in [0.4, 0.5) is 5.69 Å². The first-order valence-electron chi connectivity index (χ1n) is 9.52. The Morgan fingerprint density at radius 1 is 1.03 bits per heavy atom. The zero-order valence-corrected chi connectivity index (χ0v) is 16.9.